The number of carboxylic acid groups (broad SMARTS) is 1. The average Bonchev–Trinajstić information content (AvgIpc) is 3.50. The second-order valence-electron chi connectivity index (χ2n) is 9.57. The summed E-state index contributed by atoms with van der Waals surface area (Å²) < 4.78 is 7.29. The van der Waals surface area contributed by atoms with Gasteiger partial charge in [0.1, 0.15) is 0 Å². The Morgan fingerprint density at radius 3 is 1.97 bits per heavy atom. The van der Waals surface area contributed by atoms with Crippen LogP contribution in [-0.2, 0) is 14.3 Å². The third-order valence-corrected chi connectivity index (χ3v) is 9.04. The number of thiophene rings is 1. The molecule has 0 aromatic carbocycles. The molecule has 3 aliphatic rings. The van der Waals surface area contributed by atoms with E-state index in [2.05, 4.69) is 37.9 Å². The minimum atomic E-state index is -0.794. The molecule has 0 radical (unpaired) electrons. The number of rotatable bonds is 7. The van der Waals surface area contributed by atoms with Gasteiger partial charge in [-0.05, 0) is 82.6 Å². The van der Waals surface area contributed by atoms with E-state index in [-0.39, 0.29) is 5.97 Å². The van der Waals surface area contributed by atoms with Crippen LogP contribution in [0.4, 0.5) is 0 Å². The summed E-state index contributed by atoms with van der Waals surface area (Å²) in [5, 5.41) is 9.30. The number of aliphatic carboxylic acids is 1. The smallest absolute Gasteiger partial charge is 0.339 e. The van der Waals surface area contributed by atoms with Crippen LogP contribution >= 0.6 is 43.2 Å². The SMILES string of the molecule is CCOC(=O)/C(=C/C1CCCCC1)c1ccc(Br)s1.O=C(O)/C(=C\C1CCCCC1)C1=CC=C(Br)C1. The molecule has 4 rings (SSSR count). The molecule has 36 heavy (non-hydrogen) atoms. The number of esters is 1. The van der Waals surface area contributed by atoms with E-state index in [1.54, 1.807) is 11.3 Å². The number of hydrogen-bond acceptors (Lipinski definition) is 4. The molecule has 196 valence electrons. The third kappa shape index (κ3) is 9.14. The lowest BCUT2D eigenvalue weighted by atomic mass is 9.86. The van der Waals surface area contributed by atoms with Crippen molar-refractivity contribution in [2.24, 2.45) is 11.8 Å². The molecule has 0 atom stereocenters. The van der Waals surface area contributed by atoms with Gasteiger partial charge in [-0.1, -0.05) is 78.8 Å². The summed E-state index contributed by atoms with van der Waals surface area (Å²) in [4.78, 5) is 24.4. The largest absolute Gasteiger partial charge is 0.478 e. The van der Waals surface area contributed by atoms with Crippen LogP contribution in [0.25, 0.3) is 5.57 Å². The van der Waals surface area contributed by atoms with Gasteiger partial charge in [-0.3, -0.25) is 0 Å². The highest BCUT2D eigenvalue weighted by Gasteiger charge is 2.21. The predicted octanol–water partition coefficient (Wildman–Crippen LogP) is 9.22. The summed E-state index contributed by atoms with van der Waals surface area (Å²) in [5.41, 5.74) is 2.17. The van der Waals surface area contributed by atoms with Crippen LogP contribution in [-0.4, -0.2) is 23.7 Å². The molecule has 0 amide bonds. The maximum absolute atomic E-state index is 12.1. The second kappa shape index (κ2) is 15.1. The molecule has 1 heterocycles. The standard InChI is InChI=1S/C15H19BrO2S.C14H17BrO2/c1-2-18-15(17)12(13-8-9-14(16)19-13)10-11-6-4-3-5-7-11;15-12-7-6-11(9-12)13(14(16)17)8-10-4-2-1-3-5-10/h8-11H,2-7H2,1H3;6-8,10H,1-5,9H2,(H,16,17)/b12-10+;13-8-. The van der Waals surface area contributed by atoms with Gasteiger partial charge in [-0.15, -0.1) is 11.3 Å². The molecule has 1 N–H and O–H groups in total. The molecule has 1 aromatic heterocycles. The van der Waals surface area contributed by atoms with E-state index in [9.17, 15) is 14.7 Å². The molecule has 4 nitrogen and oxygen atoms in total. The van der Waals surface area contributed by atoms with E-state index in [1.165, 1.54) is 51.4 Å². The first kappa shape index (κ1) is 29.1. The first-order chi connectivity index (χ1) is 17.4. The van der Waals surface area contributed by atoms with E-state index in [0.717, 1.165) is 37.1 Å². The number of hydrogen-bond donors (Lipinski definition) is 1. The van der Waals surface area contributed by atoms with Crippen molar-refractivity contribution in [2.75, 3.05) is 6.61 Å². The summed E-state index contributed by atoms with van der Waals surface area (Å²) in [5.74, 6) is -0.0102. The van der Waals surface area contributed by atoms with Crippen LogP contribution in [0.1, 0.15) is 82.4 Å². The van der Waals surface area contributed by atoms with Gasteiger partial charge in [0.15, 0.2) is 0 Å². The highest BCUT2D eigenvalue weighted by Crippen LogP contribution is 2.34. The second-order valence-corrected chi connectivity index (χ2v) is 13.1. The number of carboxylic acids is 1. The molecular weight excluding hydrogens is 604 g/mol. The molecule has 0 spiro atoms. The first-order valence-corrected chi connectivity index (χ1v) is 15.4. The number of allylic oxidation sites excluding steroid dienone is 5. The topological polar surface area (TPSA) is 63.6 Å². The molecule has 0 unspecified atom stereocenters. The van der Waals surface area contributed by atoms with Gasteiger partial charge >= 0.3 is 11.9 Å². The van der Waals surface area contributed by atoms with E-state index in [0.29, 0.717) is 30.4 Å². The van der Waals surface area contributed by atoms with Gasteiger partial charge in [-0.2, -0.15) is 0 Å². The molecule has 0 saturated heterocycles. The molecule has 2 saturated carbocycles. The number of halogens is 2. The van der Waals surface area contributed by atoms with Gasteiger partial charge in [-0.25, -0.2) is 9.59 Å². The number of carbonyl (C=O) groups is 2. The van der Waals surface area contributed by atoms with Crippen LogP contribution in [0.5, 0.6) is 0 Å². The Kier molecular flexibility index (Phi) is 12.2. The average molecular weight is 640 g/mol. The zero-order chi connectivity index (χ0) is 25.9. The summed E-state index contributed by atoms with van der Waals surface area (Å²) in [6.07, 6.45) is 20.9. The van der Waals surface area contributed by atoms with Crippen molar-refractivity contribution in [1.29, 1.82) is 0 Å². The first-order valence-electron chi connectivity index (χ1n) is 13.0. The molecular formula is C29H36Br2O4S. The van der Waals surface area contributed by atoms with Gasteiger partial charge < -0.3 is 9.84 Å². The molecule has 3 aliphatic carbocycles. The highest BCUT2D eigenvalue weighted by molar-refractivity contribution is 9.11. The van der Waals surface area contributed by atoms with E-state index >= 15 is 0 Å². The molecule has 0 aliphatic heterocycles. The Morgan fingerprint density at radius 2 is 1.53 bits per heavy atom. The van der Waals surface area contributed by atoms with Crippen molar-refractivity contribution in [1.82, 2.24) is 0 Å². The summed E-state index contributed by atoms with van der Waals surface area (Å²) in [6.45, 7) is 2.27. The fraction of sp³-hybridized carbons (Fsp3) is 0.517. The van der Waals surface area contributed by atoms with Crippen LogP contribution in [0, 0.1) is 11.8 Å². The van der Waals surface area contributed by atoms with Crippen molar-refractivity contribution < 1.29 is 19.4 Å². The molecule has 1 aromatic rings. The predicted molar refractivity (Wildman–Crippen MR) is 155 cm³/mol. The highest BCUT2D eigenvalue weighted by atomic mass is 79.9. The Bertz CT molecular complexity index is 1020. The number of ether oxygens (including phenoxy) is 1. The fourth-order valence-electron chi connectivity index (χ4n) is 4.98. The lowest BCUT2D eigenvalue weighted by Gasteiger charge is -2.19. The Hall–Kier alpha value is -1.44. The normalized spacial score (nSPS) is 19.8. The quantitative estimate of drug-likeness (QED) is 0.239. The minimum absolute atomic E-state index is 0.192. The van der Waals surface area contributed by atoms with Crippen molar-refractivity contribution in [3.63, 3.8) is 0 Å². The molecule has 2 fully saturated rings. The van der Waals surface area contributed by atoms with Crippen molar-refractivity contribution in [3.8, 4) is 0 Å². The van der Waals surface area contributed by atoms with Crippen LogP contribution in [0.3, 0.4) is 0 Å². The van der Waals surface area contributed by atoms with Crippen molar-refractivity contribution >= 4 is 60.7 Å². The fourth-order valence-corrected chi connectivity index (χ4v) is 6.82. The number of carbonyl (C=O) groups excluding carboxylic acids is 1. The van der Waals surface area contributed by atoms with Crippen LogP contribution in [0.2, 0.25) is 0 Å². The third-order valence-electron chi connectivity index (χ3n) is 6.84. The van der Waals surface area contributed by atoms with E-state index in [4.69, 9.17) is 4.74 Å². The van der Waals surface area contributed by atoms with E-state index in [1.807, 2.05) is 37.3 Å². The van der Waals surface area contributed by atoms with Gasteiger partial charge in [0, 0.05) is 11.3 Å². The van der Waals surface area contributed by atoms with E-state index < -0.39 is 5.97 Å². The van der Waals surface area contributed by atoms with Crippen LogP contribution < -0.4 is 0 Å². The lowest BCUT2D eigenvalue weighted by Crippen LogP contribution is -2.10. The van der Waals surface area contributed by atoms with Crippen molar-refractivity contribution in [3.05, 3.63) is 60.7 Å². The van der Waals surface area contributed by atoms with Gasteiger partial charge in [0.2, 0.25) is 0 Å². The Labute approximate surface area is 235 Å². The van der Waals surface area contributed by atoms with Crippen LogP contribution in [0.15, 0.2) is 55.9 Å². The summed E-state index contributed by atoms with van der Waals surface area (Å²) in [7, 11) is 0. The summed E-state index contributed by atoms with van der Waals surface area (Å²) in [6, 6.07) is 3.97. The molecule has 0 bridgehead atoms. The molecule has 7 heteroatoms. The summed E-state index contributed by atoms with van der Waals surface area (Å²) >= 11 is 8.45. The van der Waals surface area contributed by atoms with Gasteiger partial charge in [0.25, 0.3) is 0 Å². The maximum atomic E-state index is 12.1. The monoisotopic (exact) mass is 638 g/mol. The zero-order valence-corrected chi connectivity index (χ0v) is 24.9. The van der Waals surface area contributed by atoms with Crippen molar-refractivity contribution in [2.45, 2.75) is 77.6 Å². The Balaban J connectivity index is 0.000000202. The lowest BCUT2D eigenvalue weighted by molar-refractivity contribution is -0.136. The Morgan fingerprint density at radius 1 is 0.944 bits per heavy atom. The minimum Gasteiger partial charge on any atom is -0.478 e. The maximum Gasteiger partial charge on any atom is 0.339 e. The zero-order valence-electron chi connectivity index (χ0n) is 20.9. The van der Waals surface area contributed by atoms with Gasteiger partial charge in [0.05, 0.1) is 21.5 Å².